The fourth-order valence-corrected chi connectivity index (χ4v) is 3.31. The van der Waals surface area contributed by atoms with Gasteiger partial charge in [-0.15, -0.1) is 0 Å². The van der Waals surface area contributed by atoms with Gasteiger partial charge in [-0.25, -0.2) is 4.98 Å². The molecule has 0 bridgehead atoms. The minimum Gasteiger partial charge on any atom is -0.355 e. The number of hydrogen-bond donors (Lipinski definition) is 1. The molecule has 6 nitrogen and oxygen atoms in total. The first-order valence-corrected chi connectivity index (χ1v) is 8.57. The highest BCUT2D eigenvalue weighted by molar-refractivity contribution is 6.36. The van der Waals surface area contributed by atoms with Gasteiger partial charge >= 0.3 is 0 Å². The lowest BCUT2D eigenvalue weighted by atomic mass is 10.0. The smallest absolute Gasteiger partial charge is 0.272 e. The van der Waals surface area contributed by atoms with E-state index in [1.54, 1.807) is 23.0 Å². The van der Waals surface area contributed by atoms with Crippen LogP contribution in [0.5, 0.6) is 0 Å². The van der Waals surface area contributed by atoms with E-state index < -0.39 is 0 Å². The summed E-state index contributed by atoms with van der Waals surface area (Å²) in [5.74, 6) is 0.617. The van der Waals surface area contributed by atoms with E-state index in [1.807, 2.05) is 14.0 Å². The molecule has 0 aromatic carbocycles. The predicted molar refractivity (Wildman–Crippen MR) is 94.9 cm³/mol. The third-order valence-corrected chi connectivity index (χ3v) is 4.75. The first-order chi connectivity index (χ1) is 11.4. The number of halogens is 2. The van der Waals surface area contributed by atoms with Crippen LogP contribution in [0.2, 0.25) is 10.0 Å². The summed E-state index contributed by atoms with van der Waals surface area (Å²) in [4.78, 5) is 18.7. The fourth-order valence-electron chi connectivity index (χ4n) is 2.81. The van der Waals surface area contributed by atoms with Gasteiger partial charge in [-0.3, -0.25) is 9.48 Å². The molecule has 1 saturated heterocycles. The molecule has 2 aromatic heterocycles. The Balaban J connectivity index is 1.58. The van der Waals surface area contributed by atoms with Gasteiger partial charge in [-0.1, -0.05) is 23.2 Å². The van der Waals surface area contributed by atoms with E-state index in [1.165, 1.54) is 0 Å². The molecule has 2 aromatic rings. The Kier molecular flexibility index (Phi) is 4.96. The van der Waals surface area contributed by atoms with Crippen LogP contribution < -0.4 is 10.2 Å². The van der Waals surface area contributed by atoms with Gasteiger partial charge in [0.05, 0.1) is 10.0 Å². The maximum Gasteiger partial charge on any atom is 0.272 e. The summed E-state index contributed by atoms with van der Waals surface area (Å²) < 4.78 is 1.70. The van der Waals surface area contributed by atoms with Crippen molar-refractivity contribution in [3.8, 4) is 0 Å². The average Bonchev–Trinajstić information content (AvgIpc) is 2.88. The summed E-state index contributed by atoms with van der Waals surface area (Å²) in [7, 11) is 1.83. The van der Waals surface area contributed by atoms with Crippen molar-refractivity contribution in [1.29, 1.82) is 0 Å². The van der Waals surface area contributed by atoms with Gasteiger partial charge in [0.1, 0.15) is 11.5 Å². The van der Waals surface area contributed by atoms with Gasteiger partial charge < -0.3 is 10.2 Å². The Bertz CT molecular complexity index is 733. The predicted octanol–water partition coefficient (Wildman–Crippen LogP) is 2.83. The third-order valence-electron chi connectivity index (χ3n) is 4.26. The molecule has 24 heavy (non-hydrogen) atoms. The Hall–Kier alpha value is -1.79. The van der Waals surface area contributed by atoms with Crippen molar-refractivity contribution < 1.29 is 4.79 Å². The SMILES string of the molecule is Cc1cc(C(=O)NC2CCN(c3ncc(Cl)cc3Cl)CC2)nn1C. The molecule has 1 N–H and O–H groups in total. The quantitative estimate of drug-likeness (QED) is 0.905. The maximum absolute atomic E-state index is 12.3. The number of amides is 1. The summed E-state index contributed by atoms with van der Waals surface area (Å²) in [6.45, 7) is 3.48. The summed E-state index contributed by atoms with van der Waals surface area (Å²) in [5, 5.41) is 8.34. The number of aromatic nitrogens is 3. The lowest BCUT2D eigenvalue weighted by Crippen LogP contribution is -2.45. The molecule has 0 atom stereocenters. The molecule has 128 valence electrons. The summed E-state index contributed by atoms with van der Waals surface area (Å²) in [6, 6.07) is 3.62. The molecule has 1 aliphatic rings. The van der Waals surface area contributed by atoms with Crippen LogP contribution in [-0.4, -0.2) is 39.8 Å². The number of aryl methyl sites for hydroxylation is 2. The van der Waals surface area contributed by atoms with Gasteiger partial charge in [0.2, 0.25) is 0 Å². The molecule has 1 amide bonds. The van der Waals surface area contributed by atoms with Crippen molar-refractivity contribution in [2.75, 3.05) is 18.0 Å². The van der Waals surface area contributed by atoms with Crippen molar-refractivity contribution in [3.05, 3.63) is 39.8 Å². The van der Waals surface area contributed by atoms with Gasteiger partial charge in [0, 0.05) is 38.1 Å². The molecular weight excluding hydrogens is 349 g/mol. The molecule has 0 saturated carbocycles. The number of nitrogens with one attached hydrogen (secondary N) is 1. The van der Waals surface area contributed by atoms with E-state index >= 15 is 0 Å². The Morgan fingerprint density at radius 1 is 1.29 bits per heavy atom. The summed E-state index contributed by atoms with van der Waals surface area (Å²) in [6.07, 6.45) is 3.26. The van der Waals surface area contributed by atoms with Gasteiger partial charge in [-0.05, 0) is 31.9 Å². The second kappa shape index (κ2) is 6.99. The zero-order valence-electron chi connectivity index (χ0n) is 13.6. The van der Waals surface area contributed by atoms with E-state index in [4.69, 9.17) is 23.2 Å². The Morgan fingerprint density at radius 3 is 2.58 bits per heavy atom. The number of nitrogens with zero attached hydrogens (tertiary/aromatic N) is 4. The molecule has 3 heterocycles. The van der Waals surface area contributed by atoms with Crippen molar-refractivity contribution in [2.24, 2.45) is 7.05 Å². The normalized spacial score (nSPS) is 15.6. The van der Waals surface area contributed by atoms with Gasteiger partial charge in [0.25, 0.3) is 5.91 Å². The molecule has 3 rings (SSSR count). The molecule has 0 radical (unpaired) electrons. The van der Waals surface area contributed by atoms with Crippen LogP contribution in [0.1, 0.15) is 29.0 Å². The molecule has 0 spiro atoms. The Labute approximate surface area is 150 Å². The van der Waals surface area contributed by atoms with Crippen LogP contribution in [-0.2, 0) is 7.05 Å². The monoisotopic (exact) mass is 367 g/mol. The molecule has 0 unspecified atom stereocenters. The minimum atomic E-state index is -0.125. The van der Waals surface area contributed by atoms with Crippen LogP contribution in [0.15, 0.2) is 18.3 Å². The van der Waals surface area contributed by atoms with Crippen LogP contribution in [0.25, 0.3) is 0 Å². The van der Waals surface area contributed by atoms with E-state index in [-0.39, 0.29) is 11.9 Å². The zero-order chi connectivity index (χ0) is 17.3. The van der Waals surface area contributed by atoms with E-state index in [0.29, 0.717) is 15.7 Å². The minimum absolute atomic E-state index is 0.125. The highest BCUT2D eigenvalue weighted by atomic mass is 35.5. The van der Waals surface area contributed by atoms with Crippen molar-refractivity contribution in [3.63, 3.8) is 0 Å². The number of rotatable bonds is 3. The lowest BCUT2D eigenvalue weighted by molar-refractivity contribution is 0.0925. The van der Waals surface area contributed by atoms with Crippen LogP contribution in [0.4, 0.5) is 5.82 Å². The van der Waals surface area contributed by atoms with Crippen LogP contribution >= 0.6 is 23.2 Å². The highest BCUT2D eigenvalue weighted by Gasteiger charge is 2.24. The first kappa shape index (κ1) is 17.0. The number of hydrogen-bond acceptors (Lipinski definition) is 4. The summed E-state index contributed by atoms with van der Waals surface area (Å²) in [5.41, 5.74) is 1.42. The number of anilines is 1. The second-order valence-corrected chi connectivity index (χ2v) is 6.83. The van der Waals surface area contributed by atoms with Crippen LogP contribution in [0, 0.1) is 6.92 Å². The van der Waals surface area contributed by atoms with Crippen molar-refractivity contribution >= 4 is 34.9 Å². The number of pyridine rings is 1. The molecule has 1 fully saturated rings. The van der Waals surface area contributed by atoms with E-state index in [0.717, 1.165) is 37.4 Å². The maximum atomic E-state index is 12.3. The molecule has 1 aliphatic heterocycles. The van der Waals surface area contributed by atoms with E-state index in [2.05, 4.69) is 20.3 Å². The average molecular weight is 368 g/mol. The fraction of sp³-hybridized carbons (Fsp3) is 0.438. The van der Waals surface area contributed by atoms with Crippen LogP contribution in [0.3, 0.4) is 0 Å². The van der Waals surface area contributed by atoms with Gasteiger partial charge in [0.15, 0.2) is 0 Å². The highest BCUT2D eigenvalue weighted by Crippen LogP contribution is 2.28. The number of piperidine rings is 1. The van der Waals surface area contributed by atoms with Gasteiger partial charge in [-0.2, -0.15) is 5.10 Å². The molecule has 8 heteroatoms. The standard InChI is InChI=1S/C16H19Cl2N5O/c1-10-7-14(21-22(10)2)16(24)20-12-3-5-23(6-4-12)15-13(18)8-11(17)9-19-15/h7-9,12H,3-6H2,1-2H3,(H,20,24). The topological polar surface area (TPSA) is 63.1 Å². The van der Waals surface area contributed by atoms with Crippen molar-refractivity contribution in [1.82, 2.24) is 20.1 Å². The van der Waals surface area contributed by atoms with Crippen molar-refractivity contribution in [2.45, 2.75) is 25.8 Å². The summed E-state index contributed by atoms with van der Waals surface area (Å²) >= 11 is 12.1. The lowest BCUT2D eigenvalue weighted by Gasteiger charge is -2.33. The second-order valence-electron chi connectivity index (χ2n) is 5.99. The number of carbonyl (C=O) groups excluding carboxylic acids is 1. The number of carbonyl (C=O) groups is 1. The Morgan fingerprint density at radius 2 is 2.00 bits per heavy atom. The largest absolute Gasteiger partial charge is 0.355 e. The molecule has 0 aliphatic carbocycles. The third kappa shape index (κ3) is 3.65. The first-order valence-electron chi connectivity index (χ1n) is 7.81. The van der Waals surface area contributed by atoms with E-state index in [9.17, 15) is 4.79 Å². The zero-order valence-corrected chi connectivity index (χ0v) is 15.1. The molecular formula is C16H19Cl2N5O.